The van der Waals surface area contributed by atoms with E-state index in [-0.39, 0.29) is 6.61 Å². The minimum absolute atomic E-state index is 0.0243. The van der Waals surface area contributed by atoms with Gasteiger partial charge in [-0.1, -0.05) is 18.5 Å². The number of aliphatic hydroxyl groups is 1. The fourth-order valence-electron chi connectivity index (χ4n) is 1.67. The van der Waals surface area contributed by atoms with Crippen LogP contribution in [0.3, 0.4) is 0 Å². The summed E-state index contributed by atoms with van der Waals surface area (Å²) in [6.45, 7) is 3.31. The van der Waals surface area contributed by atoms with Gasteiger partial charge in [-0.05, 0) is 35.8 Å². The van der Waals surface area contributed by atoms with Crippen LogP contribution < -0.4 is 9.30 Å². The molecule has 0 aliphatic carbocycles. The lowest BCUT2D eigenvalue weighted by atomic mass is 10.3. The molecule has 0 saturated heterocycles. The molecule has 0 radical (unpaired) electrons. The van der Waals surface area contributed by atoms with Crippen molar-refractivity contribution in [1.29, 1.82) is 0 Å². The topological polar surface area (TPSA) is 86.7 Å². The summed E-state index contributed by atoms with van der Waals surface area (Å²) in [5.41, 5.74) is 0.725. The van der Waals surface area contributed by atoms with E-state index < -0.39 is 0 Å². The van der Waals surface area contributed by atoms with Crippen LogP contribution in [0.4, 0.5) is 11.6 Å². The second-order valence-corrected chi connectivity index (χ2v) is 4.49. The maximum absolute atomic E-state index is 8.92. The first-order valence-corrected chi connectivity index (χ1v) is 7.01. The van der Waals surface area contributed by atoms with E-state index in [1.54, 1.807) is 10.9 Å². The summed E-state index contributed by atoms with van der Waals surface area (Å²) in [5.74, 6) is 1.33. The number of aliphatic hydroxyl groups excluding tert-OH is 1. The lowest BCUT2D eigenvalue weighted by molar-refractivity contribution is -0.685. The largest absolute Gasteiger partial charge is 0.494 e. The molecule has 0 bridgehead atoms. The van der Waals surface area contributed by atoms with Crippen LogP contribution in [0.5, 0.6) is 5.75 Å². The zero-order valence-corrected chi connectivity index (χ0v) is 12.1. The molecule has 0 aliphatic heterocycles. The number of H-pyrrole nitrogens is 1. The summed E-state index contributed by atoms with van der Waals surface area (Å²) in [4.78, 5) is 0. The first kappa shape index (κ1) is 15.1. The average Bonchev–Trinajstić information content (AvgIpc) is 2.94. The van der Waals surface area contributed by atoms with Crippen LogP contribution in [0.2, 0.25) is 0 Å². The van der Waals surface area contributed by atoms with Gasteiger partial charge in [-0.2, -0.15) is 0 Å². The van der Waals surface area contributed by atoms with Crippen molar-refractivity contribution in [2.24, 2.45) is 10.2 Å². The summed E-state index contributed by atoms with van der Waals surface area (Å²) in [5, 5.41) is 23.7. The number of aromatic nitrogens is 3. The highest BCUT2D eigenvalue weighted by atomic mass is 16.5. The van der Waals surface area contributed by atoms with E-state index in [0.29, 0.717) is 12.5 Å². The fraction of sp³-hybridized carbons (Fsp3) is 0.429. The van der Waals surface area contributed by atoms with Gasteiger partial charge < -0.3 is 9.84 Å². The fourth-order valence-corrected chi connectivity index (χ4v) is 1.67. The average molecular weight is 290 g/mol. The summed E-state index contributed by atoms with van der Waals surface area (Å²) in [7, 11) is 0. The molecular weight excluding hydrogens is 270 g/mol. The molecule has 2 rings (SSSR count). The third-order valence-corrected chi connectivity index (χ3v) is 2.84. The molecule has 0 saturated carbocycles. The van der Waals surface area contributed by atoms with Gasteiger partial charge in [0.2, 0.25) is 6.33 Å². The number of nitrogens with one attached hydrogen (secondary N) is 1. The zero-order chi connectivity index (χ0) is 14.9. The highest BCUT2D eigenvalue weighted by Crippen LogP contribution is 2.19. The maximum atomic E-state index is 8.92. The first-order valence-electron chi connectivity index (χ1n) is 7.01. The Morgan fingerprint density at radius 1 is 1.29 bits per heavy atom. The van der Waals surface area contributed by atoms with Crippen LogP contribution in [0.15, 0.2) is 40.8 Å². The zero-order valence-electron chi connectivity index (χ0n) is 12.1. The van der Waals surface area contributed by atoms with Crippen LogP contribution in [-0.2, 0) is 6.54 Å². The Morgan fingerprint density at radius 2 is 2.10 bits per heavy atom. The van der Waals surface area contributed by atoms with Crippen LogP contribution in [0, 0.1) is 0 Å². The molecule has 0 fully saturated rings. The monoisotopic (exact) mass is 290 g/mol. The molecule has 0 amide bonds. The van der Waals surface area contributed by atoms with Crippen LogP contribution >= 0.6 is 0 Å². The molecule has 1 heterocycles. The van der Waals surface area contributed by atoms with Crippen molar-refractivity contribution in [1.82, 2.24) is 10.2 Å². The van der Waals surface area contributed by atoms with Crippen molar-refractivity contribution in [3.05, 3.63) is 30.6 Å². The molecule has 7 heteroatoms. The minimum Gasteiger partial charge on any atom is -0.494 e. The van der Waals surface area contributed by atoms with Gasteiger partial charge in [0.05, 0.1) is 25.4 Å². The lowest BCUT2D eigenvalue weighted by Crippen LogP contribution is -2.33. The van der Waals surface area contributed by atoms with Crippen molar-refractivity contribution in [2.75, 3.05) is 13.2 Å². The van der Waals surface area contributed by atoms with E-state index in [2.05, 4.69) is 27.3 Å². The molecule has 112 valence electrons. The third-order valence-electron chi connectivity index (χ3n) is 2.84. The molecule has 0 unspecified atom stereocenters. The summed E-state index contributed by atoms with van der Waals surface area (Å²) < 4.78 is 7.27. The van der Waals surface area contributed by atoms with Crippen molar-refractivity contribution in [3.63, 3.8) is 0 Å². The number of unbranched alkanes of at least 4 members (excludes halogenated alkanes) is 1. The van der Waals surface area contributed by atoms with Gasteiger partial charge in [0.25, 0.3) is 0 Å². The molecule has 2 aromatic rings. The Hall–Kier alpha value is -2.28. The lowest BCUT2D eigenvalue weighted by Gasteiger charge is -2.04. The minimum atomic E-state index is 0.0243. The predicted molar refractivity (Wildman–Crippen MR) is 76.9 cm³/mol. The van der Waals surface area contributed by atoms with Gasteiger partial charge in [-0.15, -0.1) is 5.10 Å². The van der Waals surface area contributed by atoms with Gasteiger partial charge in [0.1, 0.15) is 5.75 Å². The summed E-state index contributed by atoms with van der Waals surface area (Å²) in [6, 6.07) is 7.44. The van der Waals surface area contributed by atoms with Crippen LogP contribution in [-0.4, -0.2) is 28.5 Å². The molecule has 0 aliphatic rings. The Kier molecular flexibility index (Phi) is 5.83. The quantitative estimate of drug-likeness (QED) is 0.444. The smallest absolute Gasteiger partial charge is 0.401 e. The number of hydrogen-bond donors (Lipinski definition) is 2. The third kappa shape index (κ3) is 4.64. The number of hydrogen-bond acceptors (Lipinski definition) is 5. The Morgan fingerprint density at radius 3 is 2.81 bits per heavy atom. The molecule has 2 N–H and O–H groups in total. The molecule has 21 heavy (non-hydrogen) atoms. The highest BCUT2D eigenvalue weighted by Gasteiger charge is 2.09. The Balaban J connectivity index is 1.96. The standard InChI is InChI=1S/C14H19N5O2/c1-2-3-10-21-13-6-4-12(5-7-13)16-18-14-17-15-11-19(14)8-9-20/h4-7,11,20H,2-3,8-10H2,1H3/p+1. The number of aromatic amines is 1. The van der Waals surface area contributed by atoms with E-state index in [0.717, 1.165) is 30.9 Å². The highest BCUT2D eigenvalue weighted by molar-refractivity contribution is 5.40. The van der Waals surface area contributed by atoms with Crippen LogP contribution in [0.25, 0.3) is 0 Å². The Labute approximate surface area is 123 Å². The van der Waals surface area contributed by atoms with Gasteiger partial charge in [0, 0.05) is 5.11 Å². The van der Waals surface area contributed by atoms with Crippen molar-refractivity contribution >= 4 is 11.6 Å². The van der Waals surface area contributed by atoms with Gasteiger partial charge in [-0.25, -0.2) is 4.57 Å². The van der Waals surface area contributed by atoms with E-state index in [1.807, 2.05) is 24.3 Å². The number of azo groups is 1. The maximum Gasteiger partial charge on any atom is 0.401 e. The normalized spacial score (nSPS) is 11.1. The van der Waals surface area contributed by atoms with Crippen LogP contribution in [0.1, 0.15) is 19.8 Å². The van der Waals surface area contributed by atoms with E-state index >= 15 is 0 Å². The molecular formula is C14H20N5O2+. The SMILES string of the molecule is CCCCOc1ccc(N=Nc2[nH]nc[n+]2CCO)cc1. The van der Waals surface area contributed by atoms with Gasteiger partial charge in [0.15, 0.2) is 0 Å². The summed E-state index contributed by atoms with van der Waals surface area (Å²) >= 11 is 0. The first-order chi connectivity index (χ1) is 10.3. The van der Waals surface area contributed by atoms with Crippen molar-refractivity contribution in [2.45, 2.75) is 26.3 Å². The number of rotatable bonds is 8. The van der Waals surface area contributed by atoms with Crippen molar-refractivity contribution < 1.29 is 14.4 Å². The van der Waals surface area contributed by atoms with Gasteiger partial charge in [-0.3, -0.25) is 0 Å². The summed E-state index contributed by atoms with van der Waals surface area (Å²) in [6.07, 6.45) is 3.73. The second kappa shape index (κ2) is 8.11. The van der Waals surface area contributed by atoms with E-state index in [1.165, 1.54) is 0 Å². The molecule has 1 aromatic carbocycles. The van der Waals surface area contributed by atoms with E-state index in [4.69, 9.17) is 9.84 Å². The second-order valence-electron chi connectivity index (χ2n) is 4.49. The Bertz CT molecular complexity index is 565. The number of nitrogens with zero attached hydrogens (tertiary/aromatic N) is 4. The number of benzene rings is 1. The molecule has 1 aromatic heterocycles. The van der Waals surface area contributed by atoms with Crippen molar-refractivity contribution in [3.8, 4) is 5.75 Å². The molecule has 0 atom stereocenters. The molecule has 7 nitrogen and oxygen atoms in total. The molecule has 0 spiro atoms. The predicted octanol–water partition coefficient (Wildman–Crippen LogP) is 2.28. The van der Waals surface area contributed by atoms with Gasteiger partial charge >= 0.3 is 5.95 Å². The number of ether oxygens (including phenoxy) is 1. The van der Waals surface area contributed by atoms with E-state index in [9.17, 15) is 0 Å².